The second-order valence-electron chi connectivity index (χ2n) is 6.50. The lowest BCUT2D eigenvalue weighted by Crippen LogP contribution is -2.61. The molecular formula is C18H16BrClN4O3. The van der Waals surface area contributed by atoms with Gasteiger partial charge in [-0.3, -0.25) is 14.3 Å². The highest BCUT2D eigenvalue weighted by molar-refractivity contribution is 9.10. The Bertz CT molecular complexity index is 1050. The molecule has 0 unspecified atom stereocenters. The second kappa shape index (κ2) is 6.69. The number of rotatable bonds is 3. The van der Waals surface area contributed by atoms with Gasteiger partial charge in [0.15, 0.2) is 0 Å². The van der Waals surface area contributed by atoms with Crippen LogP contribution in [0.1, 0.15) is 20.7 Å². The number of benzene rings is 1. The smallest absolute Gasteiger partial charge is 0.259 e. The van der Waals surface area contributed by atoms with Crippen LogP contribution in [0.5, 0.6) is 0 Å². The number of aromatic nitrogens is 2. The molecule has 1 aliphatic rings. The van der Waals surface area contributed by atoms with Crippen molar-refractivity contribution in [2.24, 2.45) is 7.05 Å². The maximum absolute atomic E-state index is 12.8. The number of likely N-dealkylation sites (N-methyl/N-ethyl adjacent to an activating group) is 1. The van der Waals surface area contributed by atoms with E-state index in [4.69, 9.17) is 16.0 Å². The van der Waals surface area contributed by atoms with Crippen LogP contribution < -0.4 is 0 Å². The monoisotopic (exact) mass is 450 g/mol. The lowest BCUT2D eigenvalue weighted by atomic mass is 10.0. The number of furan rings is 1. The van der Waals surface area contributed by atoms with E-state index in [0.717, 1.165) is 0 Å². The van der Waals surface area contributed by atoms with Crippen molar-refractivity contribution in [1.82, 2.24) is 19.6 Å². The van der Waals surface area contributed by atoms with Gasteiger partial charge in [-0.05, 0) is 33.6 Å². The fourth-order valence-electron chi connectivity index (χ4n) is 3.16. The minimum absolute atomic E-state index is 0.0644. The van der Waals surface area contributed by atoms with Crippen LogP contribution in [-0.2, 0) is 7.05 Å². The van der Waals surface area contributed by atoms with Crippen LogP contribution in [0, 0.1) is 0 Å². The van der Waals surface area contributed by atoms with Crippen LogP contribution in [-0.4, -0.2) is 57.6 Å². The lowest BCUT2D eigenvalue weighted by molar-refractivity contribution is 0.0297. The van der Waals surface area contributed by atoms with Crippen molar-refractivity contribution in [1.29, 1.82) is 0 Å². The van der Waals surface area contributed by atoms with E-state index < -0.39 is 0 Å². The van der Waals surface area contributed by atoms with Gasteiger partial charge in [-0.25, -0.2) is 0 Å². The molecule has 0 N–H and O–H groups in total. The van der Waals surface area contributed by atoms with Gasteiger partial charge in [0.05, 0.1) is 17.8 Å². The Morgan fingerprint density at radius 2 is 2.04 bits per heavy atom. The maximum Gasteiger partial charge on any atom is 0.259 e. The Labute approximate surface area is 168 Å². The van der Waals surface area contributed by atoms with Gasteiger partial charge in [0.25, 0.3) is 11.8 Å². The molecule has 0 spiro atoms. The van der Waals surface area contributed by atoms with E-state index in [2.05, 4.69) is 21.0 Å². The molecule has 1 aliphatic heterocycles. The zero-order valence-electron chi connectivity index (χ0n) is 14.6. The van der Waals surface area contributed by atoms with Crippen LogP contribution in [0.15, 0.2) is 39.5 Å². The molecule has 4 rings (SSSR count). The van der Waals surface area contributed by atoms with Gasteiger partial charge in [-0.15, -0.1) is 0 Å². The Kier molecular flexibility index (Phi) is 4.47. The lowest BCUT2D eigenvalue weighted by Gasteiger charge is -2.43. The van der Waals surface area contributed by atoms with E-state index in [1.165, 1.54) is 6.20 Å². The van der Waals surface area contributed by atoms with Crippen LogP contribution in [0.4, 0.5) is 0 Å². The highest BCUT2D eigenvalue weighted by atomic mass is 79.9. The summed E-state index contributed by atoms with van der Waals surface area (Å²) in [5.74, 6) is -0.330. The summed E-state index contributed by atoms with van der Waals surface area (Å²) in [5, 5.41) is 4.86. The summed E-state index contributed by atoms with van der Waals surface area (Å²) in [6.07, 6.45) is 1.53. The van der Waals surface area contributed by atoms with Crippen molar-refractivity contribution in [2.75, 3.05) is 20.1 Å². The molecular weight excluding hydrogens is 436 g/mol. The standard InChI is InChI=1S/C18H16BrClN4O3/c1-22(17(25)12-7-21-23(2)15(12)19)10-8-24(9-10)18(26)14-11-5-3-4-6-13(11)27-16(14)20/h3-7,10H,8-9H2,1-2H3. The zero-order chi connectivity index (χ0) is 19.3. The summed E-state index contributed by atoms with van der Waals surface area (Å²) in [6.45, 7) is 0.879. The first-order chi connectivity index (χ1) is 12.9. The number of carbonyl (C=O) groups is 2. The molecule has 0 atom stereocenters. The highest BCUT2D eigenvalue weighted by Gasteiger charge is 2.38. The molecule has 140 valence electrons. The number of aryl methyl sites for hydroxylation is 1. The third-order valence-electron chi connectivity index (χ3n) is 4.88. The van der Waals surface area contributed by atoms with Crippen LogP contribution >= 0.6 is 27.5 Å². The van der Waals surface area contributed by atoms with Crippen LogP contribution in [0.2, 0.25) is 5.22 Å². The summed E-state index contributed by atoms with van der Waals surface area (Å²) < 4.78 is 7.68. The molecule has 2 aromatic heterocycles. The summed E-state index contributed by atoms with van der Waals surface area (Å²) in [7, 11) is 3.48. The molecule has 9 heteroatoms. The van der Waals surface area contributed by atoms with Crippen molar-refractivity contribution in [3.05, 3.63) is 51.4 Å². The molecule has 1 aromatic carbocycles. The molecule has 0 saturated carbocycles. The zero-order valence-corrected chi connectivity index (χ0v) is 17.0. The van der Waals surface area contributed by atoms with Gasteiger partial charge < -0.3 is 14.2 Å². The highest BCUT2D eigenvalue weighted by Crippen LogP contribution is 2.32. The van der Waals surface area contributed by atoms with Crippen molar-refractivity contribution >= 4 is 50.3 Å². The van der Waals surface area contributed by atoms with Gasteiger partial charge in [-0.2, -0.15) is 5.10 Å². The normalized spacial score (nSPS) is 14.4. The first-order valence-electron chi connectivity index (χ1n) is 8.29. The van der Waals surface area contributed by atoms with E-state index in [9.17, 15) is 9.59 Å². The SMILES string of the molecule is CN(C(=O)c1cnn(C)c1Br)C1CN(C(=O)c2c(Cl)oc3ccccc23)C1. The predicted octanol–water partition coefficient (Wildman–Crippen LogP) is 3.18. The third kappa shape index (κ3) is 2.93. The van der Waals surface area contributed by atoms with E-state index >= 15 is 0 Å². The van der Waals surface area contributed by atoms with Crippen LogP contribution in [0.25, 0.3) is 11.0 Å². The van der Waals surface area contributed by atoms with Crippen molar-refractivity contribution in [2.45, 2.75) is 6.04 Å². The molecule has 1 saturated heterocycles. The summed E-state index contributed by atoms with van der Waals surface area (Å²) >= 11 is 9.51. The number of hydrogen-bond acceptors (Lipinski definition) is 4. The third-order valence-corrected chi connectivity index (χ3v) is 6.09. The first-order valence-corrected chi connectivity index (χ1v) is 9.46. The minimum Gasteiger partial charge on any atom is -0.444 e. The molecule has 3 aromatic rings. The number of fused-ring (bicyclic) bond motifs is 1. The van der Waals surface area contributed by atoms with E-state index in [0.29, 0.717) is 39.8 Å². The summed E-state index contributed by atoms with van der Waals surface area (Å²) in [6, 6.07) is 7.18. The van der Waals surface area contributed by atoms with Gasteiger partial charge in [0, 0.05) is 32.6 Å². The molecule has 0 bridgehead atoms. The fraction of sp³-hybridized carbons (Fsp3) is 0.278. The maximum atomic E-state index is 12.8. The number of nitrogens with zero attached hydrogens (tertiary/aromatic N) is 4. The molecule has 3 heterocycles. The number of halogens is 2. The van der Waals surface area contributed by atoms with Crippen molar-refractivity contribution in [3.8, 4) is 0 Å². The largest absolute Gasteiger partial charge is 0.444 e. The van der Waals surface area contributed by atoms with Crippen molar-refractivity contribution < 1.29 is 14.0 Å². The molecule has 7 nitrogen and oxygen atoms in total. The number of hydrogen-bond donors (Lipinski definition) is 0. The molecule has 2 amide bonds. The quantitative estimate of drug-likeness (QED) is 0.613. The Morgan fingerprint density at radius 3 is 2.70 bits per heavy atom. The average molecular weight is 452 g/mol. The van der Waals surface area contributed by atoms with Gasteiger partial charge in [-0.1, -0.05) is 18.2 Å². The van der Waals surface area contributed by atoms with Gasteiger partial charge in [0.1, 0.15) is 15.7 Å². The molecule has 27 heavy (non-hydrogen) atoms. The molecule has 1 fully saturated rings. The average Bonchev–Trinajstić information content (AvgIpc) is 3.11. The number of likely N-dealkylation sites (tertiary alicyclic amines) is 1. The number of para-hydroxylation sites is 1. The fourth-order valence-corrected chi connectivity index (χ4v) is 3.79. The van der Waals surface area contributed by atoms with E-state index in [-0.39, 0.29) is 23.1 Å². The summed E-state index contributed by atoms with van der Waals surface area (Å²) in [5.41, 5.74) is 1.44. The number of amides is 2. The van der Waals surface area contributed by atoms with Crippen LogP contribution in [0.3, 0.4) is 0 Å². The molecule has 0 aliphatic carbocycles. The second-order valence-corrected chi connectivity index (χ2v) is 7.59. The predicted molar refractivity (Wildman–Crippen MR) is 104 cm³/mol. The molecule has 0 radical (unpaired) electrons. The summed E-state index contributed by atoms with van der Waals surface area (Å²) in [4.78, 5) is 28.8. The van der Waals surface area contributed by atoms with E-state index in [1.807, 2.05) is 18.2 Å². The van der Waals surface area contributed by atoms with Gasteiger partial charge >= 0.3 is 0 Å². The van der Waals surface area contributed by atoms with Crippen molar-refractivity contribution in [3.63, 3.8) is 0 Å². The Morgan fingerprint density at radius 1 is 1.33 bits per heavy atom. The Balaban J connectivity index is 1.47. The minimum atomic E-state index is -0.190. The first kappa shape index (κ1) is 18.1. The number of carbonyl (C=O) groups excluding carboxylic acids is 2. The Hall–Kier alpha value is -2.32. The van der Waals surface area contributed by atoms with Gasteiger partial charge in [0.2, 0.25) is 5.22 Å². The topological polar surface area (TPSA) is 71.6 Å². The van der Waals surface area contributed by atoms with E-state index in [1.54, 1.807) is 34.6 Å².